The zero-order chi connectivity index (χ0) is 25.2. The van der Waals surface area contributed by atoms with E-state index >= 15 is 0 Å². The van der Waals surface area contributed by atoms with E-state index in [0.717, 1.165) is 46.3 Å². The molecule has 3 heterocycles. The normalized spacial score (nSPS) is 10.6. The van der Waals surface area contributed by atoms with E-state index in [2.05, 4.69) is 52.7 Å². The first-order chi connectivity index (χ1) is 16.0. The van der Waals surface area contributed by atoms with E-state index in [1.807, 2.05) is 20.8 Å². The quantitative estimate of drug-likeness (QED) is 0.101. The van der Waals surface area contributed by atoms with E-state index in [4.69, 9.17) is 15.3 Å². The summed E-state index contributed by atoms with van der Waals surface area (Å²) in [6, 6.07) is 10.9. The Morgan fingerprint density at radius 1 is 0.763 bits per heavy atom. The fourth-order valence-corrected chi connectivity index (χ4v) is 4.30. The molecule has 0 spiro atoms. The molecule has 4 aromatic rings. The van der Waals surface area contributed by atoms with Gasteiger partial charge in [0.05, 0.1) is 22.0 Å². The molecule has 0 aliphatic rings. The van der Waals surface area contributed by atoms with Gasteiger partial charge in [0, 0.05) is 33.5 Å². The van der Waals surface area contributed by atoms with Gasteiger partial charge in [0.2, 0.25) is 0 Å². The fraction of sp³-hybridized carbons (Fsp3) is 0.286. The Balaban J connectivity index is 0. The van der Waals surface area contributed by atoms with Crippen molar-refractivity contribution in [1.82, 2.24) is 29.1 Å². The van der Waals surface area contributed by atoms with Crippen LogP contribution >= 0.6 is 0 Å². The molecule has 0 amide bonds. The minimum atomic E-state index is -2.32. The van der Waals surface area contributed by atoms with E-state index in [1.54, 1.807) is 0 Å². The second-order valence-corrected chi connectivity index (χ2v) is 9.13. The first-order valence-corrected chi connectivity index (χ1v) is 11.6. The van der Waals surface area contributed by atoms with Gasteiger partial charge in [0.15, 0.2) is 0 Å². The number of aromatic nitrogens is 6. The number of hydrogen-bond acceptors (Lipinski definition) is 7. The summed E-state index contributed by atoms with van der Waals surface area (Å²) in [5.74, 6) is 0. The molecule has 214 valence electrons. The van der Waals surface area contributed by atoms with Gasteiger partial charge in [-0.2, -0.15) is 0 Å². The molecule has 7 N–H and O–H groups in total. The molecule has 1 atom stereocenters. The van der Waals surface area contributed by atoms with Gasteiger partial charge in [0.25, 0.3) is 5.69 Å². The van der Waals surface area contributed by atoms with Gasteiger partial charge < -0.3 is 34.8 Å². The molecular weight excluding hydrogens is 564 g/mol. The number of nitro groups is 1. The average molecular weight is 597 g/mol. The van der Waals surface area contributed by atoms with Gasteiger partial charge in [-0.1, -0.05) is 0 Å². The maximum Gasteiger partial charge on any atom is 0.326 e. The summed E-state index contributed by atoms with van der Waals surface area (Å²) in [5.41, 5.74) is 6.28. The van der Waals surface area contributed by atoms with Gasteiger partial charge in [-0.25, -0.2) is 15.3 Å². The van der Waals surface area contributed by atoms with E-state index in [1.165, 1.54) is 12.1 Å². The van der Waals surface area contributed by atoms with Crippen LogP contribution in [0.5, 0.6) is 0 Å². The Morgan fingerprint density at radius 3 is 1.29 bits per heavy atom. The standard InChI is InChI=1S/C15H22BN6.C6H5NO4S.Ni.3H2O/c1-10-7-13(4)20(17-10)16(21-14(5)8-11(2)18-21)22-15(6)9-12(3)19-22;8-7(9)5-1-3-6(4-2-5)12(10)11;;;;/h7-9,16H,1-6H3;1-4H,(H,10,11);;3*1H2/q-1;;;;;. The Bertz CT molecular complexity index is 1220. The SMILES string of the molecule is Cc1cc(C)n([BH-](n2nc(C)cc2C)n2nc(C)cc2C)n1.O.O.O=[N+]([O-])c1ccc(S(=O)[O-])cc1.[Ni].[OH3+]. The molecular formula is C21H33BN7NiO7S-. The smallest absolute Gasteiger partial charge is 0.326 e. The van der Waals surface area contributed by atoms with Crippen molar-refractivity contribution in [2.75, 3.05) is 0 Å². The predicted molar refractivity (Wildman–Crippen MR) is 141 cm³/mol. The summed E-state index contributed by atoms with van der Waals surface area (Å²) in [6.45, 7) is 12.3. The Morgan fingerprint density at radius 2 is 1.08 bits per heavy atom. The summed E-state index contributed by atoms with van der Waals surface area (Å²) < 4.78 is 26.8. The van der Waals surface area contributed by atoms with Crippen LogP contribution in [0.15, 0.2) is 47.4 Å². The number of non-ortho nitro benzene ring substituents is 1. The van der Waals surface area contributed by atoms with Crippen molar-refractivity contribution in [3.05, 3.63) is 86.7 Å². The summed E-state index contributed by atoms with van der Waals surface area (Å²) in [7, 11) is -1.26. The molecule has 17 heteroatoms. The molecule has 0 radical (unpaired) electrons. The predicted octanol–water partition coefficient (Wildman–Crippen LogP) is 0.0475. The van der Waals surface area contributed by atoms with Crippen molar-refractivity contribution in [1.29, 1.82) is 0 Å². The molecule has 0 bridgehead atoms. The van der Waals surface area contributed by atoms with Crippen molar-refractivity contribution >= 4 is 23.9 Å². The Kier molecular flexibility index (Phi) is 14.8. The third-order valence-corrected chi connectivity index (χ3v) is 6.01. The average Bonchev–Trinajstić information content (AvgIpc) is 3.39. The van der Waals surface area contributed by atoms with E-state index in [9.17, 15) is 18.9 Å². The van der Waals surface area contributed by atoms with Crippen molar-refractivity contribution in [2.45, 2.75) is 46.4 Å². The van der Waals surface area contributed by atoms with Crippen molar-refractivity contribution in [3.8, 4) is 0 Å². The molecule has 0 aliphatic heterocycles. The van der Waals surface area contributed by atoms with E-state index < -0.39 is 23.1 Å². The Labute approximate surface area is 232 Å². The first kappa shape index (κ1) is 37.0. The molecule has 1 unspecified atom stereocenters. The second-order valence-electron chi connectivity index (χ2n) is 8.19. The van der Waals surface area contributed by atoms with Crippen LogP contribution in [0, 0.1) is 51.7 Å². The van der Waals surface area contributed by atoms with Crippen LogP contribution in [0.1, 0.15) is 34.2 Å². The molecule has 0 fully saturated rings. The molecule has 38 heavy (non-hydrogen) atoms. The zero-order valence-electron chi connectivity index (χ0n) is 21.8. The van der Waals surface area contributed by atoms with Crippen LogP contribution in [-0.4, -0.2) is 60.8 Å². The van der Waals surface area contributed by atoms with Gasteiger partial charge >= 0.3 is 7.12 Å². The minimum absolute atomic E-state index is 0. The monoisotopic (exact) mass is 596 g/mol. The summed E-state index contributed by atoms with van der Waals surface area (Å²) in [6.07, 6.45) is 0. The second kappa shape index (κ2) is 15.3. The van der Waals surface area contributed by atoms with Crippen LogP contribution in [0.2, 0.25) is 0 Å². The van der Waals surface area contributed by atoms with Gasteiger partial charge in [0.1, 0.15) is 0 Å². The van der Waals surface area contributed by atoms with E-state index in [-0.39, 0.29) is 43.5 Å². The molecule has 0 saturated carbocycles. The minimum Gasteiger partial charge on any atom is -0.768 e. The molecule has 14 nitrogen and oxygen atoms in total. The number of nitrogens with zero attached hydrogens (tertiary/aromatic N) is 7. The van der Waals surface area contributed by atoms with Crippen molar-refractivity contribution in [2.24, 2.45) is 0 Å². The number of nitro benzene ring substituents is 1. The maximum atomic E-state index is 10.3. The fourth-order valence-electron chi connectivity index (χ4n) is 3.94. The molecule has 1 aromatic carbocycles. The number of aryl methyl sites for hydroxylation is 6. The summed E-state index contributed by atoms with van der Waals surface area (Å²) >= 11 is -2.32. The number of rotatable bonds is 5. The molecule has 0 aliphatic carbocycles. The summed E-state index contributed by atoms with van der Waals surface area (Å²) in [4.78, 5) is 9.59. The van der Waals surface area contributed by atoms with Gasteiger partial charge in [-0.15, -0.1) is 0 Å². The van der Waals surface area contributed by atoms with Crippen LogP contribution in [0.25, 0.3) is 0 Å². The zero-order valence-corrected chi connectivity index (χ0v) is 23.6. The first-order valence-electron chi connectivity index (χ1n) is 10.6. The maximum absolute atomic E-state index is 10.3. The summed E-state index contributed by atoms with van der Waals surface area (Å²) in [5, 5.41) is 24.2. The van der Waals surface area contributed by atoms with Crippen molar-refractivity contribution < 1.29 is 46.6 Å². The van der Waals surface area contributed by atoms with E-state index in [0.29, 0.717) is 0 Å². The third kappa shape index (κ3) is 8.41. The van der Waals surface area contributed by atoms with Crippen LogP contribution < -0.4 is 0 Å². The molecule has 0 saturated heterocycles. The molecule has 3 aromatic heterocycles. The molecule has 4 rings (SSSR count). The van der Waals surface area contributed by atoms with Gasteiger partial charge in [-0.3, -0.25) is 14.3 Å². The van der Waals surface area contributed by atoms with Crippen LogP contribution in [-0.2, 0) is 33.0 Å². The third-order valence-electron chi connectivity index (χ3n) is 5.35. The van der Waals surface area contributed by atoms with Gasteiger partial charge in [-0.05, 0) is 100 Å². The van der Waals surface area contributed by atoms with Crippen molar-refractivity contribution in [3.63, 3.8) is 0 Å². The number of hydrogen-bond donors (Lipinski definition) is 0. The van der Waals surface area contributed by atoms with Crippen LogP contribution in [0.4, 0.5) is 5.69 Å². The topological polar surface area (TPSA) is 233 Å². The number of benzene rings is 1. The Hall–Kier alpha value is -3.20. The van der Waals surface area contributed by atoms with Crippen LogP contribution in [0.3, 0.4) is 0 Å². The largest absolute Gasteiger partial charge is 0.768 e.